The van der Waals surface area contributed by atoms with Gasteiger partial charge in [0.2, 0.25) is 0 Å². The lowest BCUT2D eigenvalue weighted by Crippen LogP contribution is -2.09. The van der Waals surface area contributed by atoms with E-state index in [1.54, 1.807) is 25.1 Å². The minimum atomic E-state index is -2.51. The van der Waals surface area contributed by atoms with Crippen LogP contribution >= 0.6 is 0 Å². The van der Waals surface area contributed by atoms with Gasteiger partial charge in [0.25, 0.3) is 6.43 Å². The van der Waals surface area contributed by atoms with Crippen LogP contribution in [0.25, 0.3) is 0 Å². The molecule has 7 heteroatoms. The number of halogens is 2. The van der Waals surface area contributed by atoms with Crippen molar-refractivity contribution >= 4 is 5.82 Å². The molecule has 1 aromatic heterocycles. The Morgan fingerprint density at radius 1 is 1.30 bits per heavy atom. The molecule has 0 aliphatic carbocycles. The van der Waals surface area contributed by atoms with Crippen LogP contribution in [0.1, 0.15) is 22.4 Å². The molecule has 0 aliphatic heterocycles. The van der Waals surface area contributed by atoms with Gasteiger partial charge < -0.3 is 10.1 Å². The lowest BCUT2D eigenvalue weighted by atomic mass is 10.1. The second-order valence-corrected chi connectivity index (χ2v) is 4.95. The Labute approximate surface area is 132 Å². The highest BCUT2D eigenvalue weighted by Gasteiger charge is 2.10. The van der Waals surface area contributed by atoms with Gasteiger partial charge in [0.05, 0.1) is 5.69 Å². The summed E-state index contributed by atoms with van der Waals surface area (Å²) in [5.74, 6) is 0.769. The third-order valence-electron chi connectivity index (χ3n) is 3.30. The van der Waals surface area contributed by atoms with E-state index in [1.165, 1.54) is 0 Å². The molecule has 1 heterocycles. The van der Waals surface area contributed by atoms with Gasteiger partial charge >= 0.3 is 0 Å². The number of aryl methyl sites for hydroxylation is 1. The molecule has 0 bridgehead atoms. The first-order valence-electron chi connectivity index (χ1n) is 6.99. The molecule has 0 saturated carbocycles. The average Bonchev–Trinajstić information content (AvgIpc) is 2.54. The normalized spacial score (nSPS) is 10.4. The fourth-order valence-corrected chi connectivity index (χ4v) is 1.96. The second-order valence-electron chi connectivity index (χ2n) is 4.95. The van der Waals surface area contributed by atoms with Crippen molar-refractivity contribution in [1.29, 1.82) is 5.26 Å². The van der Waals surface area contributed by atoms with Crippen LogP contribution in [0, 0.1) is 25.2 Å². The van der Waals surface area contributed by atoms with Gasteiger partial charge in [-0.2, -0.15) is 10.4 Å². The van der Waals surface area contributed by atoms with Gasteiger partial charge in [-0.25, -0.2) is 8.78 Å². The largest absolute Gasteiger partial charge is 0.488 e. The monoisotopic (exact) mass is 318 g/mol. The minimum Gasteiger partial charge on any atom is -0.488 e. The number of hydrogen-bond donors (Lipinski definition) is 1. The molecule has 0 fully saturated rings. The van der Waals surface area contributed by atoms with Gasteiger partial charge in [-0.3, -0.25) is 0 Å². The molecule has 1 N–H and O–H groups in total. The van der Waals surface area contributed by atoms with Crippen molar-refractivity contribution in [2.45, 2.75) is 26.8 Å². The summed E-state index contributed by atoms with van der Waals surface area (Å²) in [6.45, 7) is 3.33. The predicted molar refractivity (Wildman–Crippen MR) is 81.5 cm³/mol. The molecule has 0 unspecified atom stereocenters. The third-order valence-corrected chi connectivity index (χ3v) is 3.30. The fourth-order valence-electron chi connectivity index (χ4n) is 1.96. The second kappa shape index (κ2) is 7.49. The van der Waals surface area contributed by atoms with Crippen LogP contribution in [0.15, 0.2) is 24.3 Å². The number of nitrogens with one attached hydrogen (secondary N) is 1. The summed E-state index contributed by atoms with van der Waals surface area (Å²) in [4.78, 5) is 0. The van der Waals surface area contributed by atoms with E-state index in [0.717, 1.165) is 11.1 Å². The Morgan fingerprint density at radius 3 is 2.78 bits per heavy atom. The van der Waals surface area contributed by atoms with E-state index in [9.17, 15) is 14.0 Å². The molecule has 2 aromatic rings. The summed E-state index contributed by atoms with van der Waals surface area (Å²) in [7, 11) is 0. The SMILES string of the molecule is Cc1nnc(NCc2cccc(OCC(F)F)c2)c(C#N)c1C. The van der Waals surface area contributed by atoms with E-state index in [1.807, 2.05) is 13.0 Å². The smallest absolute Gasteiger partial charge is 0.272 e. The Kier molecular flexibility index (Phi) is 5.41. The number of anilines is 1. The van der Waals surface area contributed by atoms with E-state index >= 15 is 0 Å². The highest BCUT2D eigenvalue weighted by Crippen LogP contribution is 2.19. The number of alkyl halides is 2. The number of rotatable bonds is 6. The van der Waals surface area contributed by atoms with Gasteiger partial charge in [0.15, 0.2) is 5.82 Å². The molecule has 2 rings (SSSR count). The number of nitrogens with zero attached hydrogens (tertiary/aromatic N) is 3. The van der Waals surface area contributed by atoms with Crippen molar-refractivity contribution in [1.82, 2.24) is 10.2 Å². The average molecular weight is 318 g/mol. The molecule has 1 aromatic carbocycles. The lowest BCUT2D eigenvalue weighted by Gasteiger charge is -2.11. The van der Waals surface area contributed by atoms with Crippen molar-refractivity contribution in [2.24, 2.45) is 0 Å². The molecule has 0 aliphatic rings. The number of ether oxygens (including phenoxy) is 1. The first-order chi connectivity index (χ1) is 11.0. The van der Waals surface area contributed by atoms with E-state index in [2.05, 4.69) is 21.6 Å². The summed E-state index contributed by atoms with van der Waals surface area (Å²) in [6, 6.07) is 8.93. The molecule has 120 valence electrons. The van der Waals surface area contributed by atoms with E-state index in [0.29, 0.717) is 29.4 Å². The maximum Gasteiger partial charge on any atom is 0.272 e. The maximum absolute atomic E-state index is 12.2. The van der Waals surface area contributed by atoms with Crippen LogP contribution in [0.3, 0.4) is 0 Å². The van der Waals surface area contributed by atoms with Gasteiger partial charge in [-0.1, -0.05) is 12.1 Å². The number of nitriles is 1. The summed E-state index contributed by atoms with van der Waals surface area (Å²) >= 11 is 0. The van der Waals surface area contributed by atoms with Crippen LogP contribution in [-0.4, -0.2) is 23.2 Å². The van der Waals surface area contributed by atoms with Gasteiger partial charge in [0.1, 0.15) is 24.0 Å². The first kappa shape index (κ1) is 16.6. The zero-order chi connectivity index (χ0) is 16.8. The zero-order valence-electron chi connectivity index (χ0n) is 12.8. The molecular weight excluding hydrogens is 302 g/mol. The van der Waals surface area contributed by atoms with E-state index in [4.69, 9.17) is 4.74 Å². The molecular formula is C16H16F2N4O. The molecule has 0 saturated heterocycles. The van der Waals surface area contributed by atoms with Gasteiger partial charge in [0, 0.05) is 6.54 Å². The van der Waals surface area contributed by atoms with Crippen LogP contribution in [0.5, 0.6) is 5.75 Å². The molecule has 0 radical (unpaired) electrons. The van der Waals surface area contributed by atoms with E-state index < -0.39 is 13.0 Å². The Balaban J connectivity index is 2.08. The van der Waals surface area contributed by atoms with Crippen molar-refractivity contribution in [3.8, 4) is 11.8 Å². The summed E-state index contributed by atoms with van der Waals surface area (Å²) in [5.41, 5.74) is 2.75. The topological polar surface area (TPSA) is 70.8 Å². The van der Waals surface area contributed by atoms with E-state index in [-0.39, 0.29) is 0 Å². The Morgan fingerprint density at radius 2 is 2.09 bits per heavy atom. The predicted octanol–water partition coefficient (Wildman–Crippen LogP) is 3.22. The first-order valence-corrected chi connectivity index (χ1v) is 6.99. The minimum absolute atomic E-state index is 0.372. The summed E-state index contributed by atoms with van der Waals surface area (Å²) in [5, 5.41) is 20.3. The molecule has 23 heavy (non-hydrogen) atoms. The van der Waals surface area contributed by atoms with Gasteiger partial charge in [-0.15, -0.1) is 5.10 Å². The van der Waals surface area contributed by atoms with Crippen LogP contribution < -0.4 is 10.1 Å². The molecule has 0 amide bonds. The maximum atomic E-state index is 12.2. The van der Waals surface area contributed by atoms with Crippen LogP contribution in [0.4, 0.5) is 14.6 Å². The van der Waals surface area contributed by atoms with Gasteiger partial charge in [-0.05, 0) is 37.1 Å². The molecule has 5 nitrogen and oxygen atoms in total. The Bertz CT molecular complexity index is 729. The summed E-state index contributed by atoms with van der Waals surface area (Å²) in [6.07, 6.45) is -2.51. The fraction of sp³-hybridized carbons (Fsp3) is 0.312. The quantitative estimate of drug-likeness (QED) is 0.885. The van der Waals surface area contributed by atoms with Crippen molar-refractivity contribution in [3.63, 3.8) is 0 Å². The summed E-state index contributed by atoms with van der Waals surface area (Å²) < 4.78 is 29.3. The molecule has 0 atom stereocenters. The van der Waals surface area contributed by atoms with Crippen LogP contribution in [-0.2, 0) is 6.54 Å². The lowest BCUT2D eigenvalue weighted by molar-refractivity contribution is 0.0818. The number of aromatic nitrogens is 2. The highest BCUT2D eigenvalue weighted by atomic mass is 19.3. The number of benzene rings is 1. The van der Waals surface area contributed by atoms with Crippen molar-refractivity contribution in [2.75, 3.05) is 11.9 Å². The third kappa shape index (κ3) is 4.36. The molecule has 0 spiro atoms. The van der Waals surface area contributed by atoms with Crippen molar-refractivity contribution < 1.29 is 13.5 Å². The Hall–Kier alpha value is -2.75. The standard InChI is InChI=1S/C16H16F2N4O/c1-10-11(2)21-22-16(14(10)7-19)20-8-12-4-3-5-13(6-12)23-9-15(17)18/h3-6,15H,8-9H2,1-2H3,(H,20,22). The highest BCUT2D eigenvalue weighted by molar-refractivity contribution is 5.56. The number of hydrogen-bond acceptors (Lipinski definition) is 5. The zero-order valence-corrected chi connectivity index (χ0v) is 12.8. The van der Waals surface area contributed by atoms with Crippen LogP contribution in [0.2, 0.25) is 0 Å². The van der Waals surface area contributed by atoms with Crippen molar-refractivity contribution in [3.05, 3.63) is 46.6 Å².